The van der Waals surface area contributed by atoms with Crippen LogP contribution in [0.2, 0.25) is 0 Å². The van der Waals surface area contributed by atoms with E-state index < -0.39 is 34.6 Å². The average Bonchev–Trinajstić information content (AvgIpc) is 3.17. The van der Waals surface area contributed by atoms with Gasteiger partial charge in [0.15, 0.2) is 0 Å². The average molecular weight is 470 g/mol. The third kappa shape index (κ3) is 3.88. The Morgan fingerprint density at radius 2 is 1.94 bits per heavy atom. The minimum absolute atomic E-state index is 0.0656. The molecule has 1 atom stereocenters. The minimum Gasteiger partial charge on any atom is -0.365 e. The molecule has 32 heavy (non-hydrogen) atoms. The molecule has 1 unspecified atom stereocenters. The van der Waals surface area contributed by atoms with Crippen LogP contribution in [0, 0.1) is 30.9 Å². The lowest BCUT2D eigenvalue weighted by Crippen LogP contribution is -2.26. The Bertz CT molecular complexity index is 1280. The third-order valence-electron chi connectivity index (χ3n) is 4.84. The number of nitrogens with one attached hydrogen (secondary N) is 1. The van der Waals surface area contributed by atoms with Crippen LogP contribution in [-0.4, -0.2) is 31.5 Å². The Kier molecular flexibility index (Phi) is 5.67. The van der Waals surface area contributed by atoms with Gasteiger partial charge in [0.05, 0.1) is 10.6 Å². The molecule has 3 rings (SSSR count). The van der Waals surface area contributed by atoms with Crippen LogP contribution in [-0.2, 0) is 11.0 Å². The topological polar surface area (TPSA) is 146 Å². The first-order valence-electron chi connectivity index (χ1n) is 9.06. The second kappa shape index (κ2) is 7.85. The van der Waals surface area contributed by atoms with Crippen molar-refractivity contribution in [3.63, 3.8) is 0 Å². The fraction of sp³-hybridized carbons (Fsp3) is 0.333. The van der Waals surface area contributed by atoms with Crippen LogP contribution in [0.25, 0.3) is 10.2 Å². The molecule has 3 aromatic rings. The van der Waals surface area contributed by atoms with E-state index in [4.69, 9.17) is 5.73 Å². The van der Waals surface area contributed by atoms with Gasteiger partial charge < -0.3 is 11.1 Å². The maximum absolute atomic E-state index is 13.1. The van der Waals surface area contributed by atoms with Crippen molar-refractivity contribution in [1.29, 1.82) is 0 Å². The van der Waals surface area contributed by atoms with E-state index in [1.165, 1.54) is 27.7 Å². The largest absolute Gasteiger partial charge is 0.433 e. The van der Waals surface area contributed by atoms with Gasteiger partial charge in [0.2, 0.25) is 5.91 Å². The number of hydrogen-bond acceptors (Lipinski definition) is 7. The molecule has 2 amide bonds. The monoisotopic (exact) mass is 470 g/mol. The lowest BCUT2D eigenvalue weighted by atomic mass is 10.1. The second-order valence-electron chi connectivity index (χ2n) is 7.06. The molecule has 0 saturated carbocycles. The van der Waals surface area contributed by atoms with Crippen molar-refractivity contribution in [2.24, 2.45) is 5.73 Å². The van der Waals surface area contributed by atoms with Crippen molar-refractivity contribution < 1.29 is 27.7 Å². The highest BCUT2D eigenvalue weighted by atomic mass is 32.1. The zero-order chi connectivity index (χ0) is 24.1. The van der Waals surface area contributed by atoms with E-state index in [-0.39, 0.29) is 43.4 Å². The second-order valence-corrected chi connectivity index (χ2v) is 8.06. The maximum atomic E-state index is 13.1. The first-order valence-corrected chi connectivity index (χ1v) is 9.87. The standard InChI is InChI=1S/C18H17F3N6O4S/c1-6-5-10(18(19,20)21)23-17-11(6)12(14(32-17)15(22)28)24-16(29)9(4)26-8(3)13(27(30)31)7(2)25-26/h5,9H,1-4H3,(H2,22,28)(H,24,29). The Labute approximate surface area is 182 Å². The summed E-state index contributed by atoms with van der Waals surface area (Å²) in [7, 11) is 0. The zero-order valence-corrected chi connectivity index (χ0v) is 18.0. The Hall–Kier alpha value is -3.55. The van der Waals surface area contributed by atoms with Crippen molar-refractivity contribution in [3.05, 3.63) is 43.7 Å². The van der Waals surface area contributed by atoms with Crippen molar-refractivity contribution in [3.8, 4) is 0 Å². The Morgan fingerprint density at radius 1 is 1.31 bits per heavy atom. The molecule has 10 nitrogen and oxygen atoms in total. The number of carbonyl (C=O) groups excluding carboxylic acids is 2. The predicted octanol–water partition coefficient (Wildman–Crippen LogP) is 3.64. The van der Waals surface area contributed by atoms with Crippen LogP contribution in [0.15, 0.2) is 6.07 Å². The zero-order valence-electron chi connectivity index (χ0n) is 17.2. The number of nitro groups is 1. The van der Waals surface area contributed by atoms with Crippen LogP contribution in [0.5, 0.6) is 0 Å². The number of primary amides is 1. The molecule has 3 aromatic heterocycles. The molecule has 3 heterocycles. The number of anilines is 1. The lowest BCUT2D eigenvalue weighted by molar-refractivity contribution is -0.386. The fourth-order valence-electron chi connectivity index (χ4n) is 3.35. The molecule has 14 heteroatoms. The molecule has 0 aromatic carbocycles. The number of rotatable bonds is 5. The number of fused-ring (bicyclic) bond motifs is 1. The van der Waals surface area contributed by atoms with Crippen LogP contribution in [0.1, 0.15) is 45.3 Å². The Morgan fingerprint density at radius 3 is 2.44 bits per heavy atom. The van der Waals surface area contributed by atoms with Gasteiger partial charge in [-0.2, -0.15) is 18.3 Å². The van der Waals surface area contributed by atoms with Gasteiger partial charge >= 0.3 is 11.9 Å². The number of halogens is 3. The summed E-state index contributed by atoms with van der Waals surface area (Å²) < 4.78 is 40.5. The molecule has 0 aliphatic rings. The fourth-order valence-corrected chi connectivity index (χ4v) is 4.41. The van der Waals surface area contributed by atoms with E-state index in [2.05, 4.69) is 15.4 Å². The molecule has 0 fully saturated rings. The van der Waals surface area contributed by atoms with E-state index in [0.29, 0.717) is 11.3 Å². The van der Waals surface area contributed by atoms with Crippen LogP contribution in [0.3, 0.4) is 0 Å². The summed E-state index contributed by atoms with van der Waals surface area (Å²) in [6.45, 7) is 5.69. The van der Waals surface area contributed by atoms with Gasteiger partial charge in [-0.05, 0) is 39.3 Å². The summed E-state index contributed by atoms with van der Waals surface area (Å²) in [6, 6.07) is -0.232. The molecular weight excluding hydrogens is 453 g/mol. The third-order valence-corrected chi connectivity index (χ3v) is 5.94. The Balaban J connectivity index is 2.07. The number of aryl methyl sites for hydroxylation is 2. The molecule has 0 saturated heterocycles. The van der Waals surface area contributed by atoms with Crippen LogP contribution < -0.4 is 11.1 Å². The number of alkyl halides is 3. The lowest BCUT2D eigenvalue weighted by Gasteiger charge is -2.15. The normalized spacial score (nSPS) is 12.7. The van der Waals surface area contributed by atoms with Crippen molar-refractivity contribution >= 4 is 44.7 Å². The molecule has 0 spiro atoms. The van der Waals surface area contributed by atoms with Crippen molar-refractivity contribution in [2.75, 3.05) is 5.32 Å². The van der Waals surface area contributed by atoms with E-state index in [1.54, 1.807) is 0 Å². The maximum Gasteiger partial charge on any atom is 0.433 e. The molecule has 0 radical (unpaired) electrons. The molecule has 170 valence electrons. The number of thiophene rings is 1. The molecule has 0 aliphatic carbocycles. The summed E-state index contributed by atoms with van der Waals surface area (Å²) in [5, 5.41) is 17.9. The highest BCUT2D eigenvalue weighted by Crippen LogP contribution is 2.40. The van der Waals surface area contributed by atoms with Gasteiger partial charge in [0.25, 0.3) is 5.91 Å². The van der Waals surface area contributed by atoms with E-state index >= 15 is 0 Å². The number of amides is 2. The van der Waals surface area contributed by atoms with Gasteiger partial charge in [0, 0.05) is 5.39 Å². The number of hydrogen-bond donors (Lipinski definition) is 2. The quantitative estimate of drug-likeness (QED) is 0.430. The van der Waals surface area contributed by atoms with Crippen molar-refractivity contribution in [1.82, 2.24) is 14.8 Å². The van der Waals surface area contributed by atoms with Gasteiger partial charge in [-0.1, -0.05) is 0 Å². The summed E-state index contributed by atoms with van der Waals surface area (Å²) >= 11 is 0.627. The summed E-state index contributed by atoms with van der Waals surface area (Å²) in [6.07, 6.45) is -4.70. The SMILES string of the molecule is Cc1nn(C(C)C(=O)Nc2c(C(N)=O)sc3nc(C(F)(F)F)cc(C)c23)c(C)c1[N+](=O)[O-]. The predicted molar refractivity (Wildman–Crippen MR) is 110 cm³/mol. The van der Waals surface area contributed by atoms with Gasteiger partial charge in [-0.15, -0.1) is 11.3 Å². The minimum atomic E-state index is -4.70. The number of aromatic nitrogens is 3. The smallest absolute Gasteiger partial charge is 0.365 e. The van der Waals surface area contributed by atoms with E-state index in [1.807, 2.05) is 0 Å². The molecular formula is C18H17F3N6O4S. The number of nitrogens with zero attached hydrogens (tertiary/aromatic N) is 4. The molecule has 3 N–H and O–H groups in total. The highest BCUT2D eigenvalue weighted by molar-refractivity contribution is 7.21. The van der Waals surface area contributed by atoms with Gasteiger partial charge in [-0.25, -0.2) is 4.98 Å². The van der Waals surface area contributed by atoms with Crippen molar-refractivity contribution in [2.45, 2.75) is 39.9 Å². The summed E-state index contributed by atoms with van der Waals surface area (Å²) in [5.41, 5.74) is 4.33. The van der Waals surface area contributed by atoms with E-state index in [9.17, 15) is 32.9 Å². The number of carbonyl (C=O) groups is 2. The van der Waals surface area contributed by atoms with Gasteiger partial charge in [-0.3, -0.25) is 24.4 Å². The first-order chi connectivity index (χ1) is 14.7. The molecule has 0 bridgehead atoms. The number of pyridine rings is 1. The summed E-state index contributed by atoms with van der Waals surface area (Å²) in [4.78, 5) is 38.7. The highest BCUT2D eigenvalue weighted by Gasteiger charge is 2.35. The van der Waals surface area contributed by atoms with E-state index in [0.717, 1.165) is 10.7 Å². The molecule has 0 aliphatic heterocycles. The van der Waals surface area contributed by atoms with Crippen LogP contribution in [0.4, 0.5) is 24.5 Å². The summed E-state index contributed by atoms with van der Waals surface area (Å²) in [5.74, 6) is -1.65. The number of nitrogens with two attached hydrogens (primary N) is 1. The van der Waals surface area contributed by atoms with Crippen LogP contribution >= 0.6 is 11.3 Å². The first kappa shape index (κ1) is 23.1. The van der Waals surface area contributed by atoms with Gasteiger partial charge in [0.1, 0.15) is 32.8 Å².